The maximum Gasteiger partial charge on any atom is 0.325 e. The van der Waals surface area contributed by atoms with Gasteiger partial charge in [0.1, 0.15) is 12.8 Å². The Morgan fingerprint density at radius 1 is 1.22 bits per heavy atom. The SMILES string of the molecule is CN1COC(=O)[C@@H]1Cc1ccc2ccccc2c1. The van der Waals surface area contributed by atoms with Gasteiger partial charge in [-0.15, -0.1) is 0 Å². The van der Waals surface area contributed by atoms with Crippen molar-refractivity contribution in [1.82, 2.24) is 4.90 Å². The Kier molecular flexibility index (Phi) is 2.76. The van der Waals surface area contributed by atoms with Crippen molar-refractivity contribution in [2.45, 2.75) is 12.5 Å². The molecule has 18 heavy (non-hydrogen) atoms. The molecule has 0 unspecified atom stereocenters. The van der Waals surface area contributed by atoms with E-state index in [1.165, 1.54) is 16.3 Å². The average Bonchev–Trinajstić information content (AvgIpc) is 2.70. The summed E-state index contributed by atoms with van der Waals surface area (Å²) in [5, 5.41) is 2.44. The second-order valence-electron chi connectivity index (χ2n) is 4.75. The van der Waals surface area contributed by atoms with E-state index >= 15 is 0 Å². The van der Waals surface area contributed by atoms with Gasteiger partial charge >= 0.3 is 5.97 Å². The van der Waals surface area contributed by atoms with E-state index in [-0.39, 0.29) is 12.0 Å². The minimum atomic E-state index is -0.147. The van der Waals surface area contributed by atoms with Gasteiger partial charge in [0, 0.05) is 0 Å². The molecule has 0 aliphatic carbocycles. The zero-order valence-corrected chi connectivity index (χ0v) is 10.3. The first kappa shape index (κ1) is 11.2. The van der Waals surface area contributed by atoms with Gasteiger partial charge in [0.05, 0.1) is 0 Å². The Bertz CT molecular complexity index is 594. The highest BCUT2D eigenvalue weighted by Crippen LogP contribution is 2.19. The van der Waals surface area contributed by atoms with Crippen LogP contribution in [-0.4, -0.2) is 30.7 Å². The highest BCUT2D eigenvalue weighted by molar-refractivity contribution is 5.83. The van der Waals surface area contributed by atoms with Crippen LogP contribution in [0.5, 0.6) is 0 Å². The molecule has 1 heterocycles. The van der Waals surface area contributed by atoms with E-state index in [2.05, 4.69) is 30.3 Å². The second kappa shape index (κ2) is 4.42. The minimum Gasteiger partial charge on any atom is -0.448 e. The van der Waals surface area contributed by atoms with Crippen LogP contribution in [0.1, 0.15) is 5.56 Å². The summed E-state index contributed by atoms with van der Waals surface area (Å²) in [5.41, 5.74) is 1.17. The summed E-state index contributed by atoms with van der Waals surface area (Å²) in [6.45, 7) is 0.400. The van der Waals surface area contributed by atoms with Crippen molar-refractivity contribution in [3.63, 3.8) is 0 Å². The Morgan fingerprint density at radius 3 is 2.72 bits per heavy atom. The van der Waals surface area contributed by atoms with Crippen molar-refractivity contribution < 1.29 is 9.53 Å². The third-order valence-electron chi connectivity index (χ3n) is 3.46. The van der Waals surface area contributed by atoms with Crippen LogP contribution in [0.25, 0.3) is 10.8 Å². The van der Waals surface area contributed by atoms with Gasteiger partial charge in [0.2, 0.25) is 0 Å². The van der Waals surface area contributed by atoms with Gasteiger partial charge in [-0.2, -0.15) is 0 Å². The molecule has 92 valence electrons. The number of rotatable bonds is 2. The number of cyclic esters (lactones) is 1. The summed E-state index contributed by atoms with van der Waals surface area (Å²) >= 11 is 0. The fraction of sp³-hybridized carbons (Fsp3) is 0.267. The minimum absolute atomic E-state index is 0.120. The van der Waals surface area contributed by atoms with Crippen LogP contribution in [-0.2, 0) is 16.0 Å². The van der Waals surface area contributed by atoms with E-state index in [0.29, 0.717) is 13.2 Å². The normalized spacial score (nSPS) is 20.3. The lowest BCUT2D eigenvalue weighted by molar-refractivity contribution is -0.139. The summed E-state index contributed by atoms with van der Waals surface area (Å²) in [6, 6.07) is 14.4. The summed E-state index contributed by atoms with van der Waals surface area (Å²) in [6.07, 6.45) is 0.708. The van der Waals surface area contributed by atoms with Gasteiger partial charge in [-0.25, -0.2) is 0 Å². The van der Waals surface area contributed by atoms with E-state index in [1.54, 1.807) is 0 Å². The molecule has 3 nitrogen and oxygen atoms in total. The molecule has 1 saturated heterocycles. The monoisotopic (exact) mass is 241 g/mol. The van der Waals surface area contributed by atoms with Gasteiger partial charge in [-0.3, -0.25) is 9.69 Å². The zero-order chi connectivity index (χ0) is 12.5. The molecule has 2 aromatic rings. The molecule has 1 aliphatic heterocycles. The molecule has 3 heteroatoms. The fourth-order valence-corrected chi connectivity index (χ4v) is 2.36. The zero-order valence-electron chi connectivity index (χ0n) is 10.3. The number of carbonyl (C=O) groups is 1. The number of hydrogen-bond donors (Lipinski definition) is 0. The van der Waals surface area contributed by atoms with Crippen LogP contribution in [0.3, 0.4) is 0 Å². The summed E-state index contributed by atoms with van der Waals surface area (Å²) < 4.78 is 5.02. The molecule has 3 rings (SSSR count). The number of carbonyl (C=O) groups excluding carboxylic acids is 1. The molecule has 0 bridgehead atoms. The van der Waals surface area contributed by atoms with Crippen molar-refractivity contribution in [2.24, 2.45) is 0 Å². The van der Waals surface area contributed by atoms with Crippen molar-refractivity contribution in [3.8, 4) is 0 Å². The van der Waals surface area contributed by atoms with Crippen molar-refractivity contribution >= 4 is 16.7 Å². The van der Waals surface area contributed by atoms with E-state index in [9.17, 15) is 4.79 Å². The Labute approximate surface area is 106 Å². The van der Waals surface area contributed by atoms with Gasteiger partial charge in [0.25, 0.3) is 0 Å². The van der Waals surface area contributed by atoms with Crippen LogP contribution in [0.4, 0.5) is 0 Å². The maximum atomic E-state index is 11.6. The van der Waals surface area contributed by atoms with E-state index < -0.39 is 0 Å². The lowest BCUT2D eigenvalue weighted by atomic mass is 10.0. The predicted octanol–water partition coefficient (Wildman–Crippen LogP) is 2.20. The largest absolute Gasteiger partial charge is 0.448 e. The standard InChI is InChI=1S/C15H15NO2/c1-16-10-18-15(17)14(16)9-11-6-7-12-4-2-3-5-13(12)8-11/h2-8,14H,9-10H2,1H3/t14-/m0/s1. The van der Waals surface area contributed by atoms with Crippen molar-refractivity contribution in [2.75, 3.05) is 13.8 Å². The fourth-order valence-electron chi connectivity index (χ4n) is 2.36. The number of esters is 1. The number of hydrogen-bond acceptors (Lipinski definition) is 3. The Balaban J connectivity index is 1.88. The van der Waals surface area contributed by atoms with Gasteiger partial charge < -0.3 is 4.74 Å². The van der Waals surface area contributed by atoms with Gasteiger partial charge in [-0.1, -0.05) is 42.5 Å². The lowest BCUT2D eigenvalue weighted by Crippen LogP contribution is -2.31. The molecule has 2 aromatic carbocycles. The molecule has 0 saturated carbocycles. The smallest absolute Gasteiger partial charge is 0.325 e. The topological polar surface area (TPSA) is 29.5 Å². The third kappa shape index (κ3) is 1.97. The van der Waals surface area contributed by atoms with E-state index in [1.807, 2.05) is 24.1 Å². The molecule has 1 atom stereocenters. The highest BCUT2D eigenvalue weighted by Gasteiger charge is 2.31. The third-order valence-corrected chi connectivity index (χ3v) is 3.46. The Morgan fingerprint density at radius 2 is 2.00 bits per heavy atom. The van der Waals surface area contributed by atoms with Crippen LogP contribution in [0, 0.1) is 0 Å². The molecule has 0 amide bonds. The van der Waals surface area contributed by atoms with Crippen LogP contribution in [0.15, 0.2) is 42.5 Å². The van der Waals surface area contributed by atoms with Crippen molar-refractivity contribution in [3.05, 3.63) is 48.0 Å². The van der Waals surface area contributed by atoms with Crippen LogP contribution >= 0.6 is 0 Å². The molecule has 0 spiro atoms. The summed E-state index contributed by atoms with van der Waals surface area (Å²) in [5.74, 6) is -0.120. The number of fused-ring (bicyclic) bond motifs is 1. The first-order chi connectivity index (χ1) is 8.74. The molecule has 0 radical (unpaired) electrons. The second-order valence-corrected chi connectivity index (χ2v) is 4.75. The van der Waals surface area contributed by atoms with Gasteiger partial charge in [0.15, 0.2) is 0 Å². The molecule has 0 aromatic heterocycles. The number of benzene rings is 2. The first-order valence-corrected chi connectivity index (χ1v) is 6.08. The van der Waals surface area contributed by atoms with E-state index in [0.717, 1.165) is 0 Å². The number of likely N-dealkylation sites (N-methyl/N-ethyl adjacent to an activating group) is 1. The number of ether oxygens (including phenoxy) is 1. The maximum absolute atomic E-state index is 11.6. The molecule has 0 N–H and O–H groups in total. The molecule has 1 aliphatic rings. The quantitative estimate of drug-likeness (QED) is 0.755. The predicted molar refractivity (Wildman–Crippen MR) is 70.2 cm³/mol. The Hall–Kier alpha value is -1.87. The van der Waals surface area contributed by atoms with E-state index in [4.69, 9.17) is 4.74 Å². The average molecular weight is 241 g/mol. The summed E-state index contributed by atoms with van der Waals surface area (Å²) in [4.78, 5) is 13.5. The van der Waals surface area contributed by atoms with Gasteiger partial charge in [-0.05, 0) is 29.8 Å². The molecular weight excluding hydrogens is 226 g/mol. The lowest BCUT2D eigenvalue weighted by Gasteiger charge is -2.14. The van der Waals surface area contributed by atoms with Crippen molar-refractivity contribution in [1.29, 1.82) is 0 Å². The van der Waals surface area contributed by atoms with Crippen LogP contribution in [0.2, 0.25) is 0 Å². The first-order valence-electron chi connectivity index (χ1n) is 6.08. The van der Waals surface area contributed by atoms with Crippen LogP contribution < -0.4 is 0 Å². The highest BCUT2D eigenvalue weighted by atomic mass is 16.6. The number of nitrogens with zero attached hydrogens (tertiary/aromatic N) is 1. The summed E-state index contributed by atoms with van der Waals surface area (Å²) in [7, 11) is 1.91. The molecular formula is C15H15NO2. The molecule has 1 fully saturated rings.